The van der Waals surface area contributed by atoms with Gasteiger partial charge in [0.2, 0.25) is 0 Å². The van der Waals surface area contributed by atoms with Crippen molar-refractivity contribution in [2.45, 2.75) is 76.8 Å². The Morgan fingerprint density at radius 3 is 2.60 bits per heavy atom. The first-order valence-electron chi connectivity index (χ1n) is 9.50. The van der Waals surface area contributed by atoms with E-state index in [0.717, 1.165) is 12.8 Å². The predicted octanol–water partition coefficient (Wildman–Crippen LogP) is 2.59. The van der Waals surface area contributed by atoms with Gasteiger partial charge < -0.3 is 24.7 Å². The fraction of sp³-hybridized carbons (Fsp3) is 0.842. The molecule has 0 spiro atoms. The lowest BCUT2D eigenvalue weighted by Crippen LogP contribution is -2.56. The van der Waals surface area contributed by atoms with Gasteiger partial charge in [0.05, 0.1) is 13.2 Å². The van der Waals surface area contributed by atoms with Crippen molar-refractivity contribution >= 4 is 5.97 Å². The molecule has 1 rings (SSSR count). The molecule has 1 aliphatic rings. The van der Waals surface area contributed by atoms with E-state index >= 15 is 0 Å². The van der Waals surface area contributed by atoms with Crippen molar-refractivity contribution in [3.05, 3.63) is 12.2 Å². The number of carbonyl (C=O) groups excluding carboxylic acids is 1. The van der Waals surface area contributed by atoms with E-state index in [-0.39, 0.29) is 24.9 Å². The highest BCUT2D eigenvalue weighted by atomic mass is 16.6. The summed E-state index contributed by atoms with van der Waals surface area (Å²) < 4.78 is 22.6. The molecule has 4 atom stereocenters. The molecule has 0 aliphatic carbocycles. The smallest absolute Gasteiger partial charge is 0.320 e. The van der Waals surface area contributed by atoms with Crippen LogP contribution in [0.2, 0.25) is 0 Å². The number of esters is 1. The minimum atomic E-state index is -0.553. The van der Waals surface area contributed by atoms with Crippen molar-refractivity contribution in [2.24, 2.45) is 5.73 Å². The molecule has 0 aromatic carbocycles. The van der Waals surface area contributed by atoms with Gasteiger partial charge in [-0.25, -0.2) is 0 Å². The van der Waals surface area contributed by atoms with Crippen molar-refractivity contribution in [3.63, 3.8) is 0 Å². The minimum Gasteiger partial charge on any atom is -0.455 e. The zero-order valence-corrected chi connectivity index (χ0v) is 15.9. The lowest BCUT2D eigenvalue weighted by atomic mass is 9.98. The maximum atomic E-state index is 11.7. The van der Waals surface area contributed by atoms with Crippen LogP contribution in [0.1, 0.15) is 52.4 Å². The number of unbranched alkanes of at least 4 members (excludes halogenated alkanes) is 5. The Morgan fingerprint density at radius 1 is 1.20 bits per heavy atom. The Bertz CT molecular complexity index is 388. The number of ether oxygens (including phenoxy) is 4. The molecule has 1 aliphatic heterocycles. The molecule has 0 amide bonds. The van der Waals surface area contributed by atoms with Gasteiger partial charge in [0.25, 0.3) is 0 Å². The van der Waals surface area contributed by atoms with Crippen LogP contribution < -0.4 is 5.73 Å². The third kappa shape index (κ3) is 7.86. The van der Waals surface area contributed by atoms with E-state index in [4.69, 9.17) is 24.7 Å². The van der Waals surface area contributed by atoms with E-state index in [1.807, 2.05) is 13.0 Å². The molecule has 0 unspecified atom stereocenters. The van der Waals surface area contributed by atoms with Crippen LogP contribution in [-0.4, -0.2) is 57.3 Å². The number of carbonyl (C=O) groups is 1. The average Bonchev–Trinajstić information content (AvgIpc) is 2.62. The van der Waals surface area contributed by atoms with Crippen LogP contribution in [0.3, 0.4) is 0 Å². The van der Waals surface area contributed by atoms with Gasteiger partial charge in [0.15, 0.2) is 6.10 Å². The molecule has 0 aromatic heterocycles. The second-order valence-electron chi connectivity index (χ2n) is 6.28. The molecule has 0 aromatic rings. The molecule has 6 heteroatoms. The number of hydrogen-bond donors (Lipinski definition) is 1. The Kier molecular flexibility index (Phi) is 11.7. The van der Waals surface area contributed by atoms with E-state index in [1.165, 1.54) is 25.7 Å². The standard InChI is InChI=1S/C19H35NO5/c1-4-6-7-8-9-10-11-12-15-19(25-17(21)13-20)18(22-3)16(14-24-15)23-5-2/h11-12,15-16,18-19H,4-10,13-14,20H2,1-3H3/b12-11+/t15-,16+,18-,19+/m0/s1. The summed E-state index contributed by atoms with van der Waals surface area (Å²) in [5.74, 6) is -0.467. The zero-order chi connectivity index (χ0) is 18.5. The third-order valence-electron chi connectivity index (χ3n) is 4.35. The first kappa shape index (κ1) is 22.1. The van der Waals surface area contributed by atoms with Crippen LogP contribution in [0.15, 0.2) is 12.2 Å². The first-order chi connectivity index (χ1) is 12.2. The number of nitrogens with two attached hydrogens (primary N) is 1. The molecule has 0 radical (unpaired) electrons. The molecule has 2 N–H and O–H groups in total. The van der Waals surface area contributed by atoms with Gasteiger partial charge in [0.1, 0.15) is 18.3 Å². The summed E-state index contributed by atoms with van der Waals surface area (Å²) in [6.07, 6.45) is 9.77. The monoisotopic (exact) mass is 357 g/mol. The Balaban J connectivity index is 2.62. The second kappa shape index (κ2) is 13.3. The molecule has 1 heterocycles. The Morgan fingerprint density at radius 2 is 1.96 bits per heavy atom. The van der Waals surface area contributed by atoms with Crippen LogP contribution >= 0.6 is 0 Å². The quantitative estimate of drug-likeness (QED) is 0.328. The van der Waals surface area contributed by atoms with Crippen LogP contribution in [0, 0.1) is 0 Å². The molecule has 0 saturated carbocycles. The summed E-state index contributed by atoms with van der Waals surface area (Å²) in [4.78, 5) is 11.7. The summed E-state index contributed by atoms with van der Waals surface area (Å²) in [5, 5.41) is 0. The Hall–Kier alpha value is -0.950. The molecule has 1 fully saturated rings. The van der Waals surface area contributed by atoms with E-state index in [0.29, 0.717) is 13.2 Å². The highest BCUT2D eigenvalue weighted by molar-refractivity contribution is 5.71. The van der Waals surface area contributed by atoms with E-state index in [1.54, 1.807) is 7.11 Å². The van der Waals surface area contributed by atoms with E-state index in [2.05, 4.69) is 13.0 Å². The van der Waals surface area contributed by atoms with Crippen molar-refractivity contribution in [3.8, 4) is 0 Å². The van der Waals surface area contributed by atoms with E-state index in [9.17, 15) is 4.79 Å². The van der Waals surface area contributed by atoms with Gasteiger partial charge in [-0.05, 0) is 19.8 Å². The summed E-state index contributed by atoms with van der Waals surface area (Å²) in [6.45, 7) is 4.92. The van der Waals surface area contributed by atoms with E-state index < -0.39 is 12.1 Å². The topological polar surface area (TPSA) is 80.0 Å². The molecule has 6 nitrogen and oxygen atoms in total. The lowest BCUT2D eigenvalue weighted by molar-refractivity contribution is -0.213. The van der Waals surface area contributed by atoms with Crippen molar-refractivity contribution < 1.29 is 23.7 Å². The maximum Gasteiger partial charge on any atom is 0.320 e. The normalized spacial score (nSPS) is 26.9. The summed E-state index contributed by atoms with van der Waals surface area (Å²) in [7, 11) is 1.60. The first-order valence-corrected chi connectivity index (χ1v) is 9.50. The number of allylic oxidation sites excluding steroid dienone is 1. The fourth-order valence-corrected chi connectivity index (χ4v) is 3.03. The fourth-order valence-electron chi connectivity index (χ4n) is 3.03. The molecular weight excluding hydrogens is 322 g/mol. The van der Waals surface area contributed by atoms with Crippen LogP contribution in [-0.2, 0) is 23.7 Å². The second-order valence-corrected chi connectivity index (χ2v) is 6.28. The maximum absolute atomic E-state index is 11.7. The molecule has 0 bridgehead atoms. The highest BCUT2D eigenvalue weighted by Gasteiger charge is 2.42. The Labute approximate surface area is 152 Å². The van der Waals surface area contributed by atoms with Crippen LogP contribution in [0.5, 0.6) is 0 Å². The summed E-state index contributed by atoms with van der Waals surface area (Å²) in [6, 6.07) is 0. The van der Waals surface area contributed by atoms with Gasteiger partial charge >= 0.3 is 5.97 Å². The number of hydrogen-bond acceptors (Lipinski definition) is 6. The summed E-state index contributed by atoms with van der Waals surface area (Å²) in [5.41, 5.74) is 5.39. The van der Waals surface area contributed by atoms with Crippen molar-refractivity contribution in [1.29, 1.82) is 0 Å². The average molecular weight is 357 g/mol. The van der Waals surface area contributed by atoms with Gasteiger partial charge in [-0.1, -0.05) is 44.8 Å². The third-order valence-corrected chi connectivity index (χ3v) is 4.35. The molecule has 1 saturated heterocycles. The molecule has 146 valence electrons. The van der Waals surface area contributed by atoms with Crippen LogP contribution in [0.25, 0.3) is 0 Å². The highest BCUT2D eigenvalue weighted by Crippen LogP contribution is 2.24. The molecular formula is C19H35NO5. The van der Waals surface area contributed by atoms with Gasteiger partial charge in [0, 0.05) is 13.7 Å². The number of rotatable bonds is 12. The molecule has 25 heavy (non-hydrogen) atoms. The zero-order valence-electron chi connectivity index (χ0n) is 15.9. The van der Waals surface area contributed by atoms with Gasteiger partial charge in [-0.2, -0.15) is 0 Å². The lowest BCUT2D eigenvalue weighted by Gasteiger charge is -2.40. The largest absolute Gasteiger partial charge is 0.455 e. The van der Waals surface area contributed by atoms with Crippen molar-refractivity contribution in [1.82, 2.24) is 0 Å². The van der Waals surface area contributed by atoms with Gasteiger partial charge in [-0.15, -0.1) is 0 Å². The van der Waals surface area contributed by atoms with Gasteiger partial charge in [-0.3, -0.25) is 4.79 Å². The number of methoxy groups -OCH3 is 1. The predicted molar refractivity (Wildman–Crippen MR) is 97.4 cm³/mol. The van der Waals surface area contributed by atoms with Crippen LogP contribution in [0.4, 0.5) is 0 Å². The van der Waals surface area contributed by atoms with Crippen molar-refractivity contribution in [2.75, 3.05) is 26.9 Å². The SMILES string of the molecule is CCCCCCC/C=C/[C@@H]1OC[C@@H](OCC)[C@H](OC)[C@@H]1OC(=O)CN. The minimum absolute atomic E-state index is 0.167. The summed E-state index contributed by atoms with van der Waals surface area (Å²) >= 11 is 0.